The van der Waals surface area contributed by atoms with Gasteiger partial charge in [0.25, 0.3) is 0 Å². The Labute approximate surface area is 98.6 Å². The fraction of sp³-hybridized carbons (Fsp3) is 0.923. The first-order valence-corrected chi connectivity index (χ1v) is 6.35. The highest BCUT2D eigenvalue weighted by Gasteiger charge is 2.27. The molecule has 1 saturated carbocycles. The predicted molar refractivity (Wildman–Crippen MR) is 65.5 cm³/mol. The molecule has 1 aliphatic rings. The quantitative estimate of drug-likeness (QED) is 0.729. The lowest BCUT2D eigenvalue weighted by Gasteiger charge is -2.29. The summed E-state index contributed by atoms with van der Waals surface area (Å²) in [5, 5.41) is 11.8. The monoisotopic (exact) mass is 227 g/mol. The summed E-state index contributed by atoms with van der Waals surface area (Å²) < 4.78 is 0. The first-order chi connectivity index (χ1) is 7.39. The van der Waals surface area contributed by atoms with Gasteiger partial charge in [-0.1, -0.05) is 27.2 Å². The van der Waals surface area contributed by atoms with Crippen LogP contribution in [-0.2, 0) is 4.79 Å². The Morgan fingerprint density at radius 2 is 1.94 bits per heavy atom. The third kappa shape index (κ3) is 4.52. The van der Waals surface area contributed by atoms with E-state index in [2.05, 4.69) is 26.1 Å². The first kappa shape index (κ1) is 13.5. The Kier molecular flexibility index (Phi) is 4.78. The van der Waals surface area contributed by atoms with Gasteiger partial charge in [-0.2, -0.15) is 0 Å². The molecule has 0 bridgehead atoms. The van der Waals surface area contributed by atoms with Gasteiger partial charge < -0.3 is 10.4 Å². The van der Waals surface area contributed by atoms with Crippen molar-refractivity contribution in [3.8, 4) is 0 Å². The van der Waals surface area contributed by atoms with E-state index in [1.54, 1.807) is 0 Å². The van der Waals surface area contributed by atoms with E-state index >= 15 is 0 Å². The Balaban J connectivity index is 2.37. The highest BCUT2D eigenvalue weighted by molar-refractivity contribution is 5.69. The van der Waals surface area contributed by atoms with E-state index in [9.17, 15) is 4.79 Å². The van der Waals surface area contributed by atoms with Crippen LogP contribution in [0.25, 0.3) is 0 Å². The van der Waals surface area contributed by atoms with Gasteiger partial charge in [-0.25, -0.2) is 0 Å². The van der Waals surface area contributed by atoms with Crippen LogP contribution in [0.2, 0.25) is 0 Å². The van der Waals surface area contributed by atoms with Crippen molar-refractivity contribution in [2.45, 2.75) is 58.9 Å². The molecule has 3 nitrogen and oxygen atoms in total. The second kappa shape index (κ2) is 5.67. The van der Waals surface area contributed by atoms with Crippen LogP contribution in [0.3, 0.4) is 0 Å². The zero-order chi connectivity index (χ0) is 12.2. The zero-order valence-corrected chi connectivity index (χ0v) is 10.8. The van der Waals surface area contributed by atoms with Crippen molar-refractivity contribution in [2.75, 3.05) is 6.54 Å². The number of hydrogen-bond acceptors (Lipinski definition) is 2. The Morgan fingerprint density at radius 3 is 2.50 bits per heavy atom. The number of nitrogens with one attached hydrogen (secondary N) is 1. The molecule has 2 N–H and O–H groups in total. The molecule has 94 valence electrons. The second-order valence-corrected chi connectivity index (χ2v) is 6.04. The van der Waals surface area contributed by atoms with Gasteiger partial charge in [0.2, 0.25) is 0 Å². The van der Waals surface area contributed by atoms with Gasteiger partial charge in [0, 0.05) is 6.04 Å². The molecule has 1 rings (SSSR count). The van der Waals surface area contributed by atoms with Crippen molar-refractivity contribution in [1.82, 2.24) is 5.32 Å². The number of rotatable bonds is 3. The van der Waals surface area contributed by atoms with Gasteiger partial charge in [-0.05, 0) is 37.0 Å². The van der Waals surface area contributed by atoms with Gasteiger partial charge in [0.15, 0.2) is 0 Å². The summed E-state index contributed by atoms with van der Waals surface area (Å²) >= 11 is 0. The number of carboxylic acids is 1. The molecule has 2 atom stereocenters. The summed E-state index contributed by atoms with van der Waals surface area (Å²) in [7, 11) is 0. The van der Waals surface area contributed by atoms with E-state index in [0.29, 0.717) is 11.5 Å². The predicted octanol–water partition coefficient (Wildman–Crippen LogP) is 2.66. The summed E-state index contributed by atoms with van der Waals surface area (Å²) in [6.07, 6.45) is 5.98. The molecule has 0 amide bonds. The molecular formula is C13H25NO2. The maximum Gasteiger partial charge on any atom is 0.317 e. The van der Waals surface area contributed by atoms with Crippen molar-refractivity contribution >= 4 is 5.97 Å². The smallest absolute Gasteiger partial charge is 0.317 e. The summed E-state index contributed by atoms with van der Waals surface area (Å²) in [4.78, 5) is 10.5. The average molecular weight is 227 g/mol. The van der Waals surface area contributed by atoms with Gasteiger partial charge in [-0.3, -0.25) is 4.79 Å². The average Bonchev–Trinajstić information content (AvgIpc) is 2.38. The molecule has 0 aromatic rings. The van der Waals surface area contributed by atoms with Crippen LogP contribution in [0.5, 0.6) is 0 Å². The summed E-state index contributed by atoms with van der Waals surface area (Å²) in [6, 6.07) is 0.406. The molecular weight excluding hydrogens is 202 g/mol. The van der Waals surface area contributed by atoms with Gasteiger partial charge >= 0.3 is 5.97 Å². The Bertz CT molecular complexity index is 233. The zero-order valence-electron chi connectivity index (χ0n) is 10.8. The minimum absolute atomic E-state index is 0.102. The standard InChI is InChI=1S/C13H25NO2/c1-13(2,3)10-5-4-6-11(8-7-10)14-9-12(15)16/h10-11,14H,4-9H2,1-3H3,(H,15,16). The van der Waals surface area contributed by atoms with Crippen LogP contribution >= 0.6 is 0 Å². The van der Waals surface area contributed by atoms with Crippen LogP contribution in [0.4, 0.5) is 0 Å². The fourth-order valence-electron chi connectivity index (χ4n) is 2.60. The topological polar surface area (TPSA) is 49.3 Å². The first-order valence-electron chi connectivity index (χ1n) is 6.35. The molecule has 3 heteroatoms. The lowest BCUT2D eigenvalue weighted by atomic mass is 9.76. The Hall–Kier alpha value is -0.570. The van der Waals surface area contributed by atoms with Crippen molar-refractivity contribution in [3.63, 3.8) is 0 Å². The van der Waals surface area contributed by atoms with E-state index in [1.165, 1.54) is 19.3 Å². The van der Waals surface area contributed by atoms with E-state index in [0.717, 1.165) is 18.8 Å². The minimum Gasteiger partial charge on any atom is -0.480 e. The number of carboxylic acid groups (broad SMARTS) is 1. The number of aliphatic carboxylic acids is 1. The van der Waals surface area contributed by atoms with Crippen molar-refractivity contribution < 1.29 is 9.90 Å². The lowest BCUT2D eigenvalue weighted by molar-refractivity contribution is -0.136. The summed E-state index contributed by atoms with van der Waals surface area (Å²) in [5.74, 6) is 0.0285. The molecule has 1 fully saturated rings. The molecule has 0 aliphatic heterocycles. The number of carbonyl (C=O) groups is 1. The van der Waals surface area contributed by atoms with Crippen LogP contribution in [0, 0.1) is 11.3 Å². The third-order valence-corrected chi connectivity index (χ3v) is 3.74. The van der Waals surface area contributed by atoms with Crippen LogP contribution < -0.4 is 5.32 Å². The highest BCUT2D eigenvalue weighted by atomic mass is 16.4. The minimum atomic E-state index is -0.753. The van der Waals surface area contributed by atoms with E-state index in [1.807, 2.05) is 0 Å². The number of hydrogen-bond donors (Lipinski definition) is 2. The normalized spacial score (nSPS) is 27.4. The van der Waals surface area contributed by atoms with E-state index in [4.69, 9.17) is 5.11 Å². The summed E-state index contributed by atoms with van der Waals surface area (Å²) in [6.45, 7) is 7.03. The molecule has 0 spiro atoms. The lowest BCUT2D eigenvalue weighted by Crippen LogP contribution is -2.33. The van der Waals surface area contributed by atoms with Crippen LogP contribution in [0.1, 0.15) is 52.9 Å². The molecule has 16 heavy (non-hydrogen) atoms. The molecule has 1 aliphatic carbocycles. The van der Waals surface area contributed by atoms with Crippen LogP contribution in [0.15, 0.2) is 0 Å². The fourth-order valence-corrected chi connectivity index (χ4v) is 2.60. The highest BCUT2D eigenvalue weighted by Crippen LogP contribution is 2.36. The molecule has 0 radical (unpaired) electrons. The molecule has 0 aromatic carbocycles. The Morgan fingerprint density at radius 1 is 1.25 bits per heavy atom. The molecule has 0 heterocycles. The third-order valence-electron chi connectivity index (χ3n) is 3.74. The van der Waals surface area contributed by atoms with Gasteiger partial charge in [-0.15, -0.1) is 0 Å². The van der Waals surface area contributed by atoms with Crippen LogP contribution in [-0.4, -0.2) is 23.7 Å². The maximum absolute atomic E-state index is 10.5. The summed E-state index contributed by atoms with van der Waals surface area (Å²) in [5.41, 5.74) is 0.391. The SMILES string of the molecule is CC(C)(C)C1CCCC(NCC(=O)O)CC1. The van der Waals surface area contributed by atoms with E-state index < -0.39 is 5.97 Å². The van der Waals surface area contributed by atoms with Gasteiger partial charge in [0.05, 0.1) is 6.54 Å². The van der Waals surface area contributed by atoms with E-state index in [-0.39, 0.29) is 6.54 Å². The maximum atomic E-state index is 10.5. The van der Waals surface area contributed by atoms with Crippen molar-refractivity contribution in [2.24, 2.45) is 11.3 Å². The van der Waals surface area contributed by atoms with Crippen molar-refractivity contribution in [1.29, 1.82) is 0 Å². The molecule has 0 aromatic heterocycles. The van der Waals surface area contributed by atoms with Gasteiger partial charge in [0.1, 0.15) is 0 Å². The van der Waals surface area contributed by atoms with Crippen molar-refractivity contribution in [3.05, 3.63) is 0 Å². The molecule has 2 unspecified atom stereocenters. The molecule has 0 saturated heterocycles. The largest absolute Gasteiger partial charge is 0.480 e. The second-order valence-electron chi connectivity index (χ2n) is 6.04.